The summed E-state index contributed by atoms with van der Waals surface area (Å²) in [5.41, 5.74) is 5.21. The van der Waals surface area contributed by atoms with Crippen LogP contribution in [0.5, 0.6) is 0 Å². The van der Waals surface area contributed by atoms with E-state index in [2.05, 4.69) is 5.32 Å². The van der Waals surface area contributed by atoms with Crippen LogP contribution >= 0.6 is 0 Å². The lowest BCUT2D eigenvalue weighted by Gasteiger charge is -2.04. The van der Waals surface area contributed by atoms with Crippen LogP contribution < -0.4 is 11.1 Å². The van der Waals surface area contributed by atoms with E-state index in [1.54, 1.807) is 7.05 Å². The molecule has 0 spiro atoms. The van der Waals surface area contributed by atoms with Crippen LogP contribution in [-0.2, 0) is 14.3 Å². The van der Waals surface area contributed by atoms with Crippen LogP contribution in [0, 0.1) is 0 Å². The maximum atomic E-state index is 10.7. The van der Waals surface area contributed by atoms with Gasteiger partial charge < -0.3 is 20.5 Å². The summed E-state index contributed by atoms with van der Waals surface area (Å²) in [6, 6.07) is 0. The number of rotatable bonds is 8. The monoisotopic (exact) mass is 190 g/mol. The van der Waals surface area contributed by atoms with Gasteiger partial charge >= 0.3 is 0 Å². The second-order valence-corrected chi connectivity index (χ2v) is 2.44. The summed E-state index contributed by atoms with van der Waals surface area (Å²) < 4.78 is 10.2. The van der Waals surface area contributed by atoms with Crippen LogP contribution in [0.1, 0.15) is 6.42 Å². The molecule has 0 rings (SSSR count). The molecular formula is C8H18N2O3. The van der Waals surface area contributed by atoms with Crippen LogP contribution in [0.4, 0.5) is 0 Å². The van der Waals surface area contributed by atoms with Crippen molar-refractivity contribution in [3.05, 3.63) is 0 Å². The Kier molecular flexibility index (Phi) is 8.97. The Morgan fingerprint density at radius 1 is 1.23 bits per heavy atom. The van der Waals surface area contributed by atoms with Crippen molar-refractivity contribution in [2.24, 2.45) is 5.73 Å². The van der Waals surface area contributed by atoms with E-state index in [0.717, 1.165) is 0 Å². The van der Waals surface area contributed by atoms with Gasteiger partial charge in [-0.1, -0.05) is 0 Å². The third kappa shape index (κ3) is 9.26. The normalized spacial score (nSPS) is 10.0. The number of carbonyl (C=O) groups excluding carboxylic acids is 1. The van der Waals surface area contributed by atoms with Crippen LogP contribution in [0.2, 0.25) is 0 Å². The lowest BCUT2D eigenvalue weighted by Crippen LogP contribution is -2.20. The number of carbonyl (C=O) groups is 1. The van der Waals surface area contributed by atoms with Gasteiger partial charge in [-0.15, -0.1) is 0 Å². The summed E-state index contributed by atoms with van der Waals surface area (Å²) in [6.07, 6.45) is 0.396. The molecule has 0 fully saturated rings. The fourth-order valence-corrected chi connectivity index (χ4v) is 0.695. The van der Waals surface area contributed by atoms with E-state index in [0.29, 0.717) is 39.4 Å². The molecule has 78 valence electrons. The van der Waals surface area contributed by atoms with Crippen molar-refractivity contribution < 1.29 is 14.3 Å². The van der Waals surface area contributed by atoms with E-state index in [9.17, 15) is 4.79 Å². The van der Waals surface area contributed by atoms with Gasteiger partial charge in [0.25, 0.3) is 0 Å². The van der Waals surface area contributed by atoms with Gasteiger partial charge in [0.05, 0.1) is 26.4 Å². The second-order valence-electron chi connectivity index (χ2n) is 2.44. The van der Waals surface area contributed by atoms with Crippen molar-refractivity contribution in [1.82, 2.24) is 5.32 Å². The molecule has 0 aliphatic carbocycles. The Labute approximate surface area is 78.6 Å². The number of hydrogen-bond donors (Lipinski definition) is 2. The average molecular weight is 190 g/mol. The number of nitrogens with one attached hydrogen (secondary N) is 1. The molecule has 0 aromatic heterocycles. The van der Waals surface area contributed by atoms with Crippen molar-refractivity contribution in [1.29, 1.82) is 0 Å². The molecule has 0 unspecified atom stereocenters. The number of hydrogen-bond acceptors (Lipinski definition) is 4. The van der Waals surface area contributed by atoms with Crippen LogP contribution in [0.3, 0.4) is 0 Å². The van der Waals surface area contributed by atoms with Crippen molar-refractivity contribution in [2.75, 3.05) is 40.0 Å². The minimum Gasteiger partial charge on any atom is -0.379 e. The first kappa shape index (κ1) is 12.3. The highest BCUT2D eigenvalue weighted by atomic mass is 16.5. The Bertz CT molecular complexity index is 131. The number of amides is 1. The fraction of sp³-hybridized carbons (Fsp3) is 0.875. The molecule has 5 nitrogen and oxygen atoms in total. The van der Waals surface area contributed by atoms with Crippen molar-refractivity contribution in [3.63, 3.8) is 0 Å². The first-order valence-electron chi connectivity index (χ1n) is 4.37. The maximum absolute atomic E-state index is 10.7. The zero-order chi connectivity index (χ0) is 9.94. The van der Waals surface area contributed by atoms with Crippen molar-refractivity contribution in [2.45, 2.75) is 6.42 Å². The van der Waals surface area contributed by atoms with E-state index in [1.807, 2.05) is 0 Å². The molecular weight excluding hydrogens is 172 g/mol. The SMILES string of the molecule is CNC(=O)CCOCCOCCN. The lowest BCUT2D eigenvalue weighted by atomic mass is 10.4. The molecule has 0 saturated heterocycles. The van der Waals surface area contributed by atoms with Gasteiger partial charge in [-0.05, 0) is 0 Å². The second kappa shape index (κ2) is 9.44. The first-order chi connectivity index (χ1) is 6.31. The summed E-state index contributed by atoms with van der Waals surface area (Å²) in [5.74, 6) is -0.0112. The molecule has 0 atom stereocenters. The smallest absolute Gasteiger partial charge is 0.222 e. The lowest BCUT2D eigenvalue weighted by molar-refractivity contribution is -0.121. The highest BCUT2D eigenvalue weighted by Gasteiger charge is 1.96. The summed E-state index contributed by atoms with van der Waals surface area (Å²) in [4.78, 5) is 10.7. The van der Waals surface area contributed by atoms with Gasteiger partial charge in [-0.2, -0.15) is 0 Å². The maximum Gasteiger partial charge on any atom is 0.222 e. The van der Waals surface area contributed by atoms with Gasteiger partial charge in [-0.25, -0.2) is 0 Å². The van der Waals surface area contributed by atoms with Crippen LogP contribution in [0.15, 0.2) is 0 Å². The van der Waals surface area contributed by atoms with Gasteiger partial charge in [0.15, 0.2) is 0 Å². The average Bonchev–Trinajstić information content (AvgIpc) is 2.16. The first-order valence-corrected chi connectivity index (χ1v) is 4.37. The molecule has 0 radical (unpaired) electrons. The molecule has 13 heavy (non-hydrogen) atoms. The van der Waals surface area contributed by atoms with Gasteiger partial charge in [-0.3, -0.25) is 4.79 Å². The summed E-state index contributed by atoms with van der Waals surface area (Å²) >= 11 is 0. The standard InChI is InChI=1S/C8H18N2O3/c1-10-8(11)2-4-12-6-7-13-5-3-9/h2-7,9H2,1H3,(H,10,11). The predicted molar refractivity (Wildman–Crippen MR) is 49.4 cm³/mol. The topological polar surface area (TPSA) is 73.6 Å². The Morgan fingerprint density at radius 3 is 2.38 bits per heavy atom. The van der Waals surface area contributed by atoms with Gasteiger partial charge in [0.1, 0.15) is 0 Å². The van der Waals surface area contributed by atoms with Crippen molar-refractivity contribution in [3.8, 4) is 0 Å². The highest BCUT2D eigenvalue weighted by molar-refractivity contribution is 5.75. The number of ether oxygens (including phenoxy) is 2. The molecule has 0 aliphatic rings. The Hall–Kier alpha value is -0.650. The third-order valence-corrected chi connectivity index (χ3v) is 1.39. The molecule has 0 heterocycles. The molecule has 0 bridgehead atoms. The fourth-order valence-electron chi connectivity index (χ4n) is 0.695. The largest absolute Gasteiger partial charge is 0.379 e. The van der Waals surface area contributed by atoms with E-state index in [-0.39, 0.29) is 5.91 Å². The minimum absolute atomic E-state index is 0.0112. The molecule has 0 aromatic carbocycles. The highest BCUT2D eigenvalue weighted by Crippen LogP contribution is 1.83. The van der Waals surface area contributed by atoms with Gasteiger partial charge in [0.2, 0.25) is 5.91 Å². The van der Waals surface area contributed by atoms with E-state index >= 15 is 0 Å². The number of nitrogens with two attached hydrogens (primary N) is 1. The quantitative estimate of drug-likeness (QED) is 0.487. The summed E-state index contributed by atoms with van der Waals surface area (Å²) in [5, 5.41) is 2.51. The Balaban J connectivity index is 2.95. The van der Waals surface area contributed by atoms with Crippen LogP contribution in [-0.4, -0.2) is 45.9 Å². The van der Waals surface area contributed by atoms with Crippen molar-refractivity contribution >= 4 is 5.91 Å². The predicted octanol–water partition coefficient (Wildman–Crippen LogP) is -0.886. The van der Waals surface area contributed by atoms with E-state index < -0.39 is 0 Å². The molecule has 3 N–H and O–H groups in total. The van der Waals surface area contributed by atoms with E-state index in [4.69, 9.17) is 15.2 Å². The summed E-state index contributed by atoms with van der Waals surface area (Å²) in [7, 11) is 1.60. The zero-order valence-electron chi connectivity index (χ0n) is 8.04. The Morgan fingerprint density at radius 2 is 1.85 bits per heavy atom. The molecule has 5 heteroatoms. The van der Waals surface area contributed by atoms with E-state index in [1.165, 1.54) is 0 Å². The van der Waals surface area contributed by atoms with Crippen LogP contribution in [0.25, 0.3) is 0 Å². The van der Waals surface area contributed by atoms with Gasteiger partial charge in [0, 0.05) is 20.0 Å². The zero-order valence-corrected chi connectivity index (χ0v) is 8.04. The summed E-state index contributed by atoms with van der Waals surface area (Å²) in [6.45, 7) is 2.56. The molecule has 0 aliphatic heterocycles. The minimum atomic E-state index is -0.0112. The third-order valence-electron chi connectivity index (χ3n) is 1.39. The molecule has 0 saturated carbocycles. The molecule has 0 aromatic rings. The molecule has 1 amide bonds.